The Hall–Kier alpha value is -0.460. The molecule has 0 bridgehead atoms. The molecule has 5 nitrogen and oxygen atoms in total. The maximum atomic E-state index is 11.3. The van der Waals surface area contributed by atoms with E-state index in [-0.39, 0.29) is 6.03 Å². The number of thiol groups is 1. The van der Waals surface area contributed by atoms with Gasteiger partial charge >= 0.3 is 6.03 Å². The van der Waals surface area contributed by atoms with E-state index in [1.165, 1.54) is 0 Å². The lowest BCUT2D eigenvalue weighted by atomic mass is 10.6. The lowest BCUT2D eigenvalue weighted by Gasteiger charge is -2.27. The summed E-state index contributed by atoms with van der Waals surface area (Å²) in [5.41, 5.74) is 0. The van der Waals surface area contributed by atoms with E-state index in [1.807, 2.05) is 38.0 Å². The van der Waals surface area contributed by atoms with Crippen molar-refractivity contribution in [2.75, 3.05) is 41.5 Å². The molecule has 6 heteroatoms. The minimum atomic E-state index is -0.189. The monoisotopic (exact) mass is 206 g/mol. The molecule has 0 aromatic heterocycles. The van der Waals surface area contributed by atoms with Gasteiger partial charge in [-0.3, -0.25) is 19.4 Å². The van der Waals surface area contributed by atoms with Crippen LogP contribution in [-0.4, -0.2) is 62.3 Å². The van der Waals surface area contributed by atoms with E-state index in [1.54, 1.807) is 4.90 Å². The smallest absolute Gasteiger partial charge is 0.298 e. The van der Waals surface area contributed by atoms with E-state index >= 15 is 0 Å². The fraction of sp³-hybridized carbons (Fsp3) is 0.857. The van der Waals surface area contributed by atoms with Gasteiger partial charge in [-0.25, -0.2) is 4.79 Å². The van der Waals surface area contributed by atoms with Crippen LogP contribution in [0.25, 0.3) is 0 Å². The van der Waals surface area contributed by atoms with Crippen molar-refractivity contribution in [2.24, 2.45) is 0 Å². The highest BCUT2D eigenvalue weighted by molar-refractivity contribution is 7.78. The lowest BCUT2D eigenvalue weighted by molar-refractivity contribution is 0.135. The van der Waals surface area contributed by atoms with Crippen molar-refractivity contribution in [3.8, 4) is 0 Å². The average Bonchev–Trinajstić information content (AvgIpc) is 2.00. The minimum absolute atomic E-state index is 0.189. The minimum Gasteiger partial charge on any atom is -0.298 e. The van der Waals surface area contributed by atoms with E-state index in [4.69, 9.17) is 0 Å². The Balaban J connectivity index is 4.10. The molecule has 0 heterocycles. The van der Waals surface area contributed by atoms with Gasteiger partial charge in [-0.05, 0) is 28.2 Å². The molecule has 0 saturated carbocycles. The standard InChI is InChI=1S/C7H18N4OS/c1-9(2)5-11(6-10(3)4)7(12)8-13/h13H,5-6H2,1-4H3,(H,8,12). The normalized spacial score (nSPS) is 10.7. The summed E-state index contributed by atoms with van der Waals surface area (Å²) >= 11 is 3.72. The SMILES string of the molecule is CN(C)CN(CN(C)C)C(=O)NS. The number of hydrogen-bond donors (Lipinski definition) is 2. The van der Waals surface area contributed by atoms with Gasteiger partial charge in [0, 0.05) is 0 Å². The fourth-order valence-electron chi connectivity index (χ4n) is 0.927. The summed E-state index contributed by atoms with van der Waals surface area (Å²) in [7, 11) is 7.64. The zero-order valence-electron chi connectivity index (χ0n) is 8.61. The van der Waals surface area contributed by atoms with Gasteiger partial charge in [0.15, 0.2) is 0 Å². The van der Waals surface area contributed by atoms with E-state index in [0.717, 1.165) is 0 Å². The summed E-state index contributed by atoms with van der Waals surface area (Å²) in [6.45, 7) is 1.15. The van der Waals surface area contributed by atoms with E-state index in [0.29, 0.717) is 13.3 Å². The van der Waals surface area contributed by atoms with Gasteiger partial charge in [0.05, 0.1) is 13.3 Å². The molecule has 2 amide bonds. The number of nitrogens with zero attached hydrogens (tertiary/aromatic N) is 3. The van der Waals surface area contributed by atoms with Crippen LogP contribution in [0.3, 0.4) is 0 Å². The highest BCUT2D eigenvalue weighted by Crippen LogP contribution is 1.93. The molecule has 0 radical (unpaired) electrons. The molecule has 0 atom stereocenters. The molecule has 0 aliphatic carbocycles. The topological polar surface area (TPSA) is 38.8 Å². The predicted octanol–water partition coefficient (Wildman–Crippen LogP) is -0.119. The number of amides is 2. The molecule has 0 rings (SSSR count). The van der Waals surface area contributed by atoms with Crippen molar-refractivity contribution in [3.05, 3.63) is 0 Å². The van der Waals surface area contributed by atoms with Crippen molar-refractivity contribution in [1.29, 1.82) is 0 Å². The first kappa shape index (κ1) is 12.5. The van der Waals surface area contributed by atoms with Crippen LogP contribution in [0.1, 0.15) is 0 Å². The van der Waals surface area contributed by atoms with Gasteiger partial charge in [0.2, 0.25) is 0 Å². The highest BCUT2D eigenvalue weighted by Gasteiger charge is 2.12. The van der Waals surface area contributed by atoms with Crippen molar-refractivity contribution in [3.63, 3.8) is 0 Å². The highest BCUT2D eigenvalue weighted by atomic mass is 32.1. The molecule has 0 fully saturated rings. The van der Waals surface area contributed by atoms with E-state index in [9.17, 15) is 4.79 Å². The molecule has 0 aromatic rings. The maximum Gasteiger partial charge on any atom is 0.329 e. The first-order chi connectivity index (χ1) is 5.97. The second-order valence-electron chi connectivity index (χ2n) is 3.40. The summed E-state index contributed by atoms with van der Waals surface area (Å²) in [5, 5.41) is 0. The summed E-state index contributed by atoms with van der Waals surface area (Å²) < 4.78 is 2.30. The number of urea groups is 1. The number of nitrogens with one attached hydrogen (secondary N) is 1. The van der Waals surface area contributed by atoms with Crippen molar-refractivity contribution < 1.29 is 4.79 Å². The summed E-state index contributed by atoms with van der Waals surface area (Å²) in [6, 6.07) is -0.189. The number of carbonyl (C=O) groups is 1. The Kier molecular flexibility index (Phi) is 5.85. The molecule has 78 valence electrons. The molecule has 13 heavy (non-hydrogen) atoms. The van der Waals surface area contributed by atoms with Crippen LogP contribution in [0, 0.1) is 0 Å². The average molecular weight is 206 g/mol. The van der Waals surface area contributed by atoms with Crippen LogP contribution in [0.4, 0.5) is 4.79 Å². The molecule has 0 aromatic carbocycles. The summed E-state index contributed by atoms with van der Waals surface area (Å²) in [6.07, 6.45) is 0. The van der Waals surface area contributed by atoms with Crippen molar-refractivity contribution >= 4 is 18.8 Å². The first-order valence-corrected chi connectivity index (χ1v) is 4.40. The van der Waals surface area contributed by atoms with E-state index < -0.39 is 0 Å². The number of carbonyl (C=O) groups excluding carboxylic acids is 1. The molecule has 1 N–H and O–H groups in total. The third-order valence-electron chi connectivity index (χ3n) is 1.29. The van der Waals surface area contributed by atoms with Gasteiger partial charge in [0.1, 0.15) is 0 Å². The maximum absolute atomic E-state index is 11.3. The summed E-state index contributed by atoms with van der Waals surface area (Å²) in [5.74, 6) is 0. The molecule has 0 spiro atoms. The number of rotatable bonds is 4. The first-order valence-electron chi connectivity index (χ1n) is 3.96. The Bertz CT molecular complexity index is 153. The molecular formula is C7H18N4OS. The van der Waals surface area contributed by atoms with Crippen LogP contribution >= 0.6 is 12.8 Å². The third kappa shape index (κ3) is 5.73. The van der Waals surface area contributed by atoms with Gasteiger partial charge in [-0.15, -0.1) is 0 Å². The zero-order chi connectivity index (χ0) is 10.4. The predicted molar refractivity (Wildman–Crippen MR) is 56.5 cm³/mol. The van der Waals surface area contributed by atoms with Crippen molar-refractivity contribution in [1.82, 2.24) is 19.4 Å². The van der Waals surface area contributed by atoms with Gasteiger partial charge in [-0.2, -0.15) is 0 Å². The number of hydrogen-bond acceptors (Lipinski definition) is 4. The van der Waals surface area contributed by atoms with Crippen LogP contribution in [0.15, 0.2) is 0 Å². The van der Waals surface area contributed by atoms with Crippen LogP contribution in [0.5, 0.6) is 0 Å². The van der Waals surface area contributed by atoms with Crippen LogP contribution in [0.2, 0.25) is 0 Å². The largest absolute Gasteiger partial charge is 0.329 e. The van der Waals surface area contributed by atoms with Crippen LogP contribution < -0.4 is 4.72 Å². The second-order valence-corrected chi connectivity index (χ2v) is 3.62. The van der Waals surface area contributed by atoms with E-state index in [2.05, 4.69) is 17.5 Å². The Labute approximate surface area is 85.2 Å². The Morgan fingerprint density at radius 1 is 1.15 bits per heavy atom. The molecule has 0 aliphatic heterocycles. The molecule has 0 unspecified atom stereocenters. The zero-order valence-corrected chi connectivity index (χ0v) is 9.51. The lowest BCUT2D eigenvalue weighted by Crippen LogP contribution is -2.46. The Morgan fingerprint density at radius 3 is 1.77 bits per heavy atom. The van der Waals surface area contributed by atoms with Crippen molar-refractivity contribution in [2.45, 2.75) is 0 Å². The van der Waals surface area contributed by atoms with Crippen LogP contribution in [-0.2, 0) is 0 Å². The Morgan fingerprint density at radius 2 is 1.54 bits per heavy atom. The van der Waals surface area contributed by atoms with Gasteiger partial charge in [-0.1, -0.05) is 12.8 Å². The fourth-order valence-corrected chi connectivity index (χ4v) is 1.07. The summed E-state index contributed by atoms with van der Waals surface area (Å²) in [4.78, 5) is 16.8. The van der Waals surface area contributed by atoms with Gasteiger partial charge in [0.25, 0.3) is 0 Å². The quantitative estimate of drug-likeness (QED) is 0.497. The molecule has 0 aliphatic rings. The molecular weight excluding hydrogens is 188 g/mol. The third-order valence-corrected chi connectivity index (χ3v) is 1.48. The second kappa shape index (κ2) is 6.06. The van der Waals surface area contributed by atoms with Gasteiger partial charge < -0.3 is 0 Å². The molecule has 0 saturated heterocycles.